The molecule has 2 aromatic carbocycles. The maximum Gasteiger partial charge on any atom is 0.328 e. The van der Waals surface area contributed by atoms with Crippen molar-refractivity contribution in [2.45, 2.75) is 6.61 Å². The average molecular weight is 392 g/mol. The van der Waals surface area contributed by atoms with Gasteiger partial charge in [-0.3, -0.25) is 0 Å². The molecule has 0 spiro atoms. The Labute approximate surface area is 153 Å². The van der Waals surface area contributed by atoms with Crippen molar-refractivity contribution in [2.75, 3.05) is 0 Å². The quantitative estimate of drug-likeness (QED) is 0.503. The molecule has 0 aromatic heterocycles. The summed E-state index contributed by atoms with van der Waals surface area (Å²) in [5.41, 5.74) is 1.07. The topological polar surface area (TPSA) is 46.5 Å². The van der Waals surface area contributed by atoms with Gasteiger partial charge in [0, 0.05) is 27.2 Å². The van der Waals surface area contributed by atoms with Crippen molar-refractivity contribution in [3.05, 3.63) is 67.6 Å². The van der Waals surface area contributed by atoms with E-state index in [4.69, 9.17) is 56.2 Å². The first-order valence-electron chi connectivity index (χ1n) is 6.34. The van der Waals surface area contributed by atoms with Crippen molar-refractivity contribution >= 4 is 58.4 Å². The van der Waals surface area contributed by atoms with Gasteiger partial charge < -0.3 is 9.84 Å². The molecule has 0 atom stereocenters. The van der Waals surface area contributed by atoms with Crippen molar-refractivity contribution in [1.82, 2.24) is 0 Å². The van der Waals surface area contributed by atoms with E-state index in [0.717, 1.165) is 6.08 Å². The van der Waals surface area contributed by atoms with Crippen LogP contribution in [0.4, 0.5) is 0 Å². The van der Waals surface area contributed by atoms with Gasteiger partial charge in [-0.1, -0.05) is 46.4 Å². The number of carboxylic acid groups (broad SMARTS) is 1. The van der Waals surface area contributed by atoms with Crippen LogP contribution in [0.1, 0.15) is 11.1 Å². The predicted octanol–water partition coefficient (Wildman–Crippen LogP) is 5.98. The van der Waals surface area contributed by atoms with Crippen LogP contribution in [0.25, 0.3) is 6.08 Å². The van der Waals surface area contributed by atoms with Gasteiger partial charge in [-0.15, -0.1) is 0 Å². The second kappa shape index (κ2) is 7.93. The molecule has 0 aliphatic carbocycles. The molecule has 2 aromatic rings. The number of benzene rings is 2. The van der Waals surface area contributed by atoms with Gasteiger partial charge in [-0.25, -0.2) is 4.79 Å². The van der Waals surface area contributed by atoms with Crippen LogP contribution in [0.3, 0.4) is 0 Å². The van der Waals surface area contributed by atoms with E-state index in [0.29, 0.717) is 37.0 Å². The van der Waals surface area contributed by atoms with E-state index in [1.165, 1.54) is 6.08 Å². The molecule has 7 heteroatoms. The third-order valence-corrected chi connectivity index (χ3v) is 4.32. The van der Waals surface area contributed by atoms with E-state index in [1.54, 1.807) is 30.3 Å². The van der Waals surface area contributed by atoms with Crippen LogP contribution in [0.5, 0.6) is 5.75 Å². The van der Waals surface area contributed by atoms with E-state index in [2.05, 4.69) is 0 Å². The molecular formula is C16H10Cl4O3. The second-order valence-corrected chi connectivity index (χ2v) is 6.09. The van der Waals surface area contributed by atoms with E-state index >= 15 is 0 Å². The van der Waals surface area contributed by atoms with Gasteiger partial charge in [-0.2, -0.15) is 0 Å². The highest BCUT2D eigenvalue weighted by Crippen LogP contribution is 2.33. The Kier molecular flexibility index (Phi) is 6.19. The SMILES string of the molecule is O=C(O)C=Cc1cc(Cl)ccc1OCc1c(Cl)ccc(Cl)c1Cl. The minimum atomic E-state index is -1.07. The van der Waals surface area contributed by atoms with E-state index in [1.807, 2.05) is 0 Å². The molecule has 0 unspecified atom stereocenters. The zero-order valence-electron chi connectivity index (χ0n) is 11.5. The van der Waals surface area contributed by atoms with Gasteiger partial charge in [0.15, 0.2) is 0 Å². The molecule has 3 nitrogen and oxygen atoms in total. The Hall–Kier alpha value is -1.39. The largest absolute Gasteiger partial charge is 0.488 e. The van der Waals surface area contributed by atoms with Gasteiger partial charge in [-0.05, 0) is 36.4 Å². The van der Waals surface area contributed by atoms with Crippen LogP contribution >= 0.6 is 46.4 Å². The number of carbonyl (C=O) groups is 1. The molecule has 0 amide bonds. The monoisotopic (exact) mass is 390 g/mol. The van der Waals surface area contributed by atoms with E-state index in [-0.39, 0.29) is 6.61 Å². The summed E-state index contributed by atoms with van der Waals surface area (Å²) < 4.78 is 5.70. The predicted molar refractivity (Wildman–Crippen MR) is 93.9 cm³/mol. The highest BCUT2D eigenvalue weighted by molar-refractivity contribution is 6.44. The zero-order chi connectivity index (χ0) is 17.0. The molecule has 23 heavy (non-hydrogen) atoms. The molecule has 0 aliphatic rings. The van der Waals surface area contributed by atoms with Crippen LogP contribution in [-0.2, 0) is 11.4 Å². The Morgan fingerprint density at radius 3 is 2.48 bits per heavy atom. The fourth-order valence-electron chi connectivity index (χ4n) is 1.79. The molecule has 0 fully saturated rings. The van der Waals surface area contributed by atoms with Crippen molar-refractivity contribution in [3.8, 4) is 5.75 Å². The van der Waals surface area contributed by atoms with Gasteiger partial charge in [0.25, 0.3) is 0 Å². The van der Waals surface area contributed by atoms with Crippen molar-refractivity contribution in [3.63, 3.8) is 0 Å². The fourth-order valence-corrected chi connectivity index (χ4v) is 2.63. The smallest absolute Gasteiger partial charge is 0.328 e. The number of rotatable bonds is 5. The third kappa shape index (κ3) is 4.79. The maximum absolute atomic E-state index is 10.7. The van der Waals surface area contributed by atoms with Crippen molar-refractivity contribution < 1.29 is 14.6 Å². The van der Waals surface area contributed by atoms with Crippen molar-refractivity contribution in [1.29, 1.82) is 0 Å². The lowest BCUT2D eigenvalue weighted by Crippen LogP contribution is -1.99. The third-order valence-electron chi connectivity index (χ3n) is 2.89. The molecule has 0 saturated carbocycles. The number of halogens is 4. The van der Waals surface area contributed by atoms with Crippen LogP contribution in [-0.4, -0.2) is 11.1 Å². The van der Waals surface area contributed by atoms with Gasteiger partial charge in [0.2, 0.25) is 0 Å². The van der Waals surface area contributed by atoms with Crippen LogP contribution < -0.4 is 4.74 Å². The van der Waals surface area contributed by atoms with E-state index in [9.17, 15) is 4.79 Å². The molecule has 0 bridgehead atoms. The summed E-state index contributed by atoms with van der Waals surface area (Å²) >= 11 is 24.1. The second-order valence-electron chi connectivity index (χ2n) is 4.46. The van der Waals surface area contributed by atoms with Gasteiger partial charge >= 0.3 is 5.97 Å². The van der Waals surface area contributed by atoms with Crippen LogP contribution in [0, 0.1) is 0 Å². The Bertz CT molecular complexity index is 772. The zero-order valence-corrected chi connectivity index (χ0v) is 14.5. The maximum atomic E-state index is 10.7. The number of hydrogen-bond acceptors (Lipinski definition) is 2. The van der Waals surface area contributed by atoms with Crippen LogP contribution in [0.2, 0.25) is 20.1 Å². The fraction of sp³-hybridized carbons (Fsp3) is 0.0625. The first-order chi connectivity index (χ1) is 10.9. The summed E-state index contributed by atoms with van der Waals surface area (Å²) in [5, 5.41) is 10.3. The molecule has 0 aliphatic heterocycles. The Morgan fingerprint density at radius 1 is 1.09 bits per heavy atom. The molecule has 0 heterocycles. The lowest BCUT2D eigenvalue weighted by molar-refractivity contribution is -0.131. The minimum absolute atomic E-state index is 0.0772. The number of carboxylic acids is 1. The highest BCUT2D eigenvalue weighted by Gasteiger charge is 2.11. The van der Waals surface area contributed by atoms with Crippen LogP contribution in [0.15, 0.2) is 36.4 Å². The molecule has 120 valence electrons. The molecular weight excluding hydrogens is 382 g/mol. The molecule has 1 N–H and O–H groups in total. The summed E-state index contributed by atoms with van der Waals surface area (Å²) in [4.78, 5) is 10.7. The highest BCUT2D eigenvalue weighted by atomic mass is 35.5. The first kappa shape index (κ1) is 18.0. The average Bonchev–Trinajstić information content (AvgIpc) is 2.50. The minimum Gasteiger partial charge on any atom is -0.488 e. The first-order valence-corrected chi connectivity index (χ1v) is 7.85. The standard InChI is InChI=1S/C16H10Cl4O3/c17-10-2-5-14(9(7-10)1-6-15(21)22)23-8-11-12(18)3-4-13(19)16(11)20/h1-7H,8H2,(H,21,22). The molecule has 0 radical (unpaired) electrons. The Morgan fingerprint density at radius 2 is 1.78 bits per heavy atom. The number of ether oxygens (including phenoxy) is 1. The lowest BCUT2D eigenvalue weighted by atomic mass is 10.2. The van der Waals surface area contributed by atoms with E-state index < -0.39 is 5.97 Å². The summed E-state index contributed by atoms with van der Waals surface area (Å²) in [6, 6.07) is 8.09. The Balaban J connectivity index is 2.28. The summed E-state index contributed by atoms with van der Waals surface area (Å²) in [6.07, 6.45) is 2.39. The normalized spacial score (nSPS) is 11.0. The van der Waals surface area contributed by atoms with Gasteiger partial charge in [0.1, 0.15) is 12.4 Å². The molecule has 2 rings (SSSR count). The number of aliphatic carboxylic acids is 1. The van der Waals surface area contributed by atoms with Crippen molar-refractivity contribution in [2.24, 2.45) is 0 Å². The molecule has 0 saturated heterocycles. The summed E-state index contributed by atoms with van der Waals surface area (Å²) in [5.74, 6) is -0.629. The summed E-state index contributed by atoms with van der Waals surface area (Å²) in [7, 11) is 0. The number of hydrogen-bond donors (Lipinski definition) is 1. The summed E-state index contributed by atoms with van der Waals surface area (Å²) in [6.45, 7) is 0.0772. The lowest BCUT2D eigenvalue weighted by Gasteiger charge is -2.12. The van der Waals surface area contributed by atoms with Gasteiger partial charge in [0.05, 0.1) is 10.0 Å².